The average Bonchev–Trinajstić information content (AvgIpc) is 1.94. The lowest BCUT2D eigenvalue weighted by molar-refractivity contribution is -0.148. The maximum absolute atomic E-state index is 10.4. The van der Waals surface area contributed by atoms with E-state index in [0.29, 0.717) is 0 Å². The van der Waals surface area contributed by atoms with Crippen LogP contribution in [0.2, 0.25) is 0 Å². The van der Waals surface area contributed by atoms with Crippen LogP contribution in [0.5, 0.6) is 0 Å². The quantitative estimate of drug-likeness (QED) is 0.458. The van der Waals surface area contributed by atoms with Gasteiger partial charge < -0.3 is 20.0 Å². The molecule has 0 aliphatic carbocycles. The standard InChI is InChI=1S/C6H11O7P/c7-5(8)3-4(6(9)10)1-2-14(11,12)13/h4H,1-3H2,(H,7,8)(H,9,10)(H2,11,12,13). The highest BCUT2D eigenvalue weighted by Crippen LogP contribution is 2.36. The SMILES string of the molecule is O=C(O)CC(CCP(=O)(O)O)C(=O)O. The van der Waals surface area contributed by atoms with Gasteiger partial charge in [-0.15, -0.1) is 0 Å². The van der Waals surface area contributed by atoms with E-state index in [2.05, 4.69) is 0 Å². The molecule has 1 atom stereocenters. The molecule has 8 heteroatoms. The van der Waals surface area contributed by atoms with Gasteiger partial charge in [0.1, 0.15) is 0 Å². The lowest BCUT2D eigenvalue weighted by Crippen LogP contribution is -2.19. The summed E-state index contributed by atoms with van der Waals surface area (Å²) in [5.74, 6) is -3.91. The summed E-state index contributed by atoms with van der Waals surface area (Å²) in [6.07, 6.45) is -1.58. The van der Waals surface area contributed by atoms with Crippen molar-refractivity contribution >= 4 is 19.5 Å². The minimum Gasteiger partial charge on any atom is -0.481 e. The van der Waals surface area contributed by atoms with Gasteiger partial charge in [0.2, 0.25) is 0 Å². The van der Waals surface area contributed by atoms with Crippen molar-refractivity contribution in [1.29, 1.82) is 0 Å². The minimum atomic E-state index is -4.26. The Labute approximate surface area is 79.5 Å². The zero-order chi connectivity index (χ0) is 11.4. The van der Waals surface area contributed by atoms with Crippen LogP contribution in [0.15, 0.2) is 0 Å². The third-order valence-corrected chi connectivity index (χ3v) is 2.38. The maximum atomic E-state index is 10.4. The molecule has 0 bridgehead atoms. The van der Waals surface area contributed by atoms with E-state index >= 15 is 0 Å². The van der Waals surface area contributed by atoms with Crippen molar-refractivity contribution in [3.8, 4) is 0 Å². The number of hydrogen-bond donors (Lipinski definition) is 4. The molecule has 0 fully saturated rings. The second-order valence-corrected chi connectivity index (χ2v) is 4.59. The number of carboxylic acids is 2. The van der Waals surface area contributed by atoms with Crippen LogP contribution in [0, 0.1) is 5.92 Å². The Morgan fingerprint density at radius 3 is 2.00 bits per heavy atom. The first-order valence-corrected chi connectivity index (χ1v) is 5.51. The van der Waals surface area contributed by atoms with E-state index in [0.717, 1.165) is 0 Å². The molecule has 0 radical (unpaired) electrons. The Morgan fingerprint density at radius 2 is 1.71 bits per heavy atom. The number of carboxylic acid groups (broad SMARTS) is 2. The van der Waals surface area contributed by atoms with Crippen LogP contribution < -0.4 is 0 Å². The predicted octanol–water partition coefficient (Wildman–Crippen LogP) is -0.270. The van der Waals surface area contributed by atoms with Crippen LogP contribution in [-0.4, -0.2) is 38.1 Å². The van der Waals surface area contributed by atoms with Crippen molar-refractivity contribution in [2.24, 2.45) is 5.92 Å². The summed E-state index contributed by atoms with van der Waals surface area (Å²) in [6, 6.07) is 0. The first kappa shape index (κ1) is 13.1. The largest absolute Gasteiger partial charge is 0.481 e. The first-order chi connectivity index (χ1) is 6.22. The third-order valence-electron chi connectivity index (χ3n) is 1.54. The molecule has 0 aromatic carbocycles. The predicted molar refractivity (Wildman–Crippen MR) is 44.9 cm³/mol. The normalized spacial score (nSPS) is 13.6. The average molecular weight is 226 g/mol. The molecule has 1 unspecified atom stereocenters. The van der Waals surface area contributed by atoms with Gasteiger partial charge in [0, 0.05) is 0 Å². The maximum Gasteiger partial charge on any atom is 0.325 e. The molecule has 4 N–H and O–H groups in total. The molecule has 7 nitrogen and oxygen atoms in total. The molecule has 0 aliphatic heterocycles. The second-order valence-electron chi connectivity index (χ2n) is 2.81. The van der Waals surface area contributed by atoms with Gasteiger partial charge in [0.25, 0.3) is 0 Å². The van der Waals surface area contributed by atoms with Gasteiger partial charge in [-0.25, -0.2) is 0 Å². The van der Waals surface area contributed by atoms with Crippen molar-refractivity contribution in [3.63, 3.8) is 0 Å². The van der Waals surface area contributed by atoms with Gasteiger partial charge in [0.05, 0.1) is 18.5 Å². The van der Waals surface area contributed by atoms with E-state index in [-0.39, 0.29) is 6.42 Å². The summed E-state index contributed by atoms with van der Waals surface area (Å²) in [7, 11) is -4.26. The fourth-order valence-electron chi connectivity index (χ4n) is 0.848. The minimum absolute atomic E-state index is 0.341. The van der Waals surface area contributed by atoms with Crippen LogP contribution in [-0.2, 0) is 14.2 Å². The molecule has 82 valence electrons. The Balaban J connectivity index is 4.18. The van der Waals surface area contributed by atoms with Gasteiger partial charge in [-0.2, -0.15) is 0 Å². The van der Waals surface area contributed by atoms with Crippen LogP contribution >= 0.6 is 7.60 Å². The molecule has 0 saturated heterocycles. The molecule has 0 aromatic heterocycles. The summed E-state index contributed by atoms with van der Waals surface area (Å²) >= 11 is 0. The molecule has 0 saturated carbocycles. The van der Waals surface area contributed by atoms with Gasteiger partial charge in [-0.05, 0) is 6.42 Å². The smallest absolute Gasteiger partial charge is 0.325 e. The zero-order valence-electron chi connectivity index (χ0n) is 7.16. The van der Waals surface area contributed by atoms with E-state index in [4.69, 9.17) is 20.0 Å². The summed E-state index contributed by atoms with van der Waals surface area (Å²) < 4.78 is 10.4. The van der Waals surface area contributed by atoms with E-state index in [9.17, 15) is 14.2 Å². The molecule has 0 amide bonds. The lowest BCUT2D eigenvalue weighted by Gasteiger charge is -2.09. The molecule has 0 heterocycles. The summed E-state index contributed by atoms with van der Waals surface area (Å²) in [5.41, 5.74) is 0. The Kier molecular flexibility index (Phi) is 4.76. The number of carbonyl (C=O) groups is 2. The Hall–Kier alpha value is -0.910. The highest BCUT2D eigenvalue weighted by atomic mass is 31.2. The molecule has 0 aliphatic rings. The Bertz CT molecular complexity index is 267. The third kappa shape index (κ3) is 6.59. The van der Waals surface area contributed by atoms with E-state index < -0.39 is 38.0 Å². The molecular weight excluding hydrogens is 215 g/mol. The van der Waals surface area contributed by atoms with Gasteiger partial charge in [-0.1, -0.05) is 0 Å². The highest BCUT2D eigenvalue weighted by Gasteiger charge is 2.24. The van der Waals surface area contributed by atoms with Gasteiger partial charge in [-0.3, -0.25) is 14.2 Å². The first-order valence-electron chi connectivity index (χ1n) is 3.71. The second kappa shape index (κ2) is 5.09. The number of hydrogen-bond acceptors (Lipinski definition) is 3. The molecule has 0 aromatic rings. The van der Waals surface area contributed by atoms with E-state index in [1.807, 2.05) is 0 Å². The summed E-state index contributed by atoms with van der Waals surface area (Å²) in [6.45, 7) is 0. The van der Waals surface area contributed by atoms with Crippen molar-refractivity contribution in [2.45, 2.75) is 12.8 Å². The van der Waals surface area contributed by atoms with Crippen molar-refractivity contribution in [2.75, 3.05) is 6.16 Å². The summed E-state index contributed by atoms with van der Waals surface area (Å²) in [5, 5.41) is 16.8. The Morgan fingerprint density at radius 1 is 1.21 bits per heavy atom. The van der Waals surface area contributed by atoms with Gasteiger partial charge in [0.15, 0.2) is 0 Å². The van der Waals surface area contributed by atoms with Crippen LogP contribution in [0.3, 0.4) is 0 Å². The van der Waals surface area contributed by atoms with Crippen molar-refractivity contribution in [1.82, 2.24) is 0 Å². The zero-order valence-corrected chi connectivity index (χ0v) is 8.05. The van der Waals surface area contributed by atoms with Crippen LogP contribution in [0.25, 0.3) is 0 Å². The lowest BCUT2D eigenvalue weighted by atomic mass is 10.0. The highest BCUT2D eigenvalue weighted by molar-refractivity contribution is 7.51. The molecule has 0 rings (SSSR count). The number of aliphatic carboxylic acids is 2. The van der Waals surface area contributed by atoms with Gasteiger partial charge >= 0.3 is 19.5 Å². The molecular formula is C6H11O7P. The van der Waals surface area contributed by atoms with E-state index in [1.165, 1.54) is 0 Å². The van der Waals surface area contributed by atoms with Crippen molar-refractivity contribution < 1.29 is 34.2 Å². The van der Waals surface area contributed by atoms with Crippen LogP contribution in [0.4, 0.5) is 0 Å². The van der Waals surface area contributed by atoms with Crippen LogP contribution in [0.1, 0.15) is 12.8 Å². The number of rotatable bonds is 6. The fraction of sp³-hybridized carbons (Fsp3) is 0.667. The fourth-order valence-corrected chi connectivity index (χ4v) is 1.50. The van der Waals surface area contributed by atoms with E-state index in [1.54, 1.807) is 0 Å². The topological polar surface area (TPSA) is 132 Å². The van der Waals surface area contributed by atoms with Crippen molar-refractivity contribution in [3.05, 3.63) is 0 Å². The summed E-state index contributed by atoms with van der Waals surface area (Å²) in [4.78, 5) is 37.5. The molecule has 14 heavy (non-hydrogen) atoms. The molecule has 0 spiro atoms. The monoisotopic (exact) mass is 226 g/mol.